The number of nitrogens with one attached hydrogen (secondary N) is 1. The molecule has 0 aliphatic carbocycles. The van der Waals surface area contributed by atoms with Crippen molar-refractivity contribution in [2.24, 2.45) is 0 Å². The summed E-state index contributed by atoms with van der Waals surface area (Å²) in [6, 6.07) is 24.5. The van der Waals surface area contributed by atoms with E-state index in [0.29, 0.717) is 0 Å². The lowest BCUT2D eigenvalue weighted by molar-refractivity contribution is 0.574. The molecule has 0 aromatic heterocycles. The topological polar surface area (TPSA) is 46.2 Å². The number of hydrogen-bond donors (Lipinski definition) is 1. The van der Waals surface area contributed by atoms with Crippen molar-refractivity contribution in [3.8, 4) is 0 Å². The molecule has 1 unspecified atom stereocenters. The van der Waals surface area contributed by atoms with Crippen LogP contribution in [0.5, 0.6) is 0 Å². The van der Waals surface area contributed by atoms with E-state index in [1.807, 2.05) is 67.6 Å². The van der Waals surface area contributed by atoms with Gasteiger partial charge in [-0.15, -0.1) is 0 Å². The highest BCUT2D eigenvalue weighted by atomic mass is 32.2. The second-order valence-corrected chi connectivity index (χ2v) is 15.3. The molecule has 0 saturated carbocycles. The Bertz CT molecular complexity index is 1120. The van der Waals surface area contributed by atoms with Crippen molar-refractivity contribution in [1.29, 1.82) is 0 Å². The number of sulfonamides is 1. The third-order valence-corrected chi connectivity index (χ3v) is 8.54. The highest BCUT2D eigenvalue weighted by Gasteiger charge is 2.21. The molecular formula is C25H29NO2SSi. The van der Waals surface area contributed by atoms with E-state index in [1.54, 1.807) is 12.1 Å². The predicted molar refractivity (Wildman–Crippen MR) is 129 cm³/mol. The van der Waals surface area contributed by atoms with E-state index in [-0.39, 0.29) is 4.90 Å². The lowest BCUT2D eigenvalue weighted by atomic mass is 10.1. The maximum Gasteiger partial charge on any atom is 0.241 e. The lowest BCUT2D eigenvalue weighted by Crippen LogP contribution is -2.39. The van der Waals surface area contributed by atoms with Gasteiger partial charge >= 0.3 is 0 Å². The maximum atomic E-state index is 13.0. The van der Waals surface area contributed by atoms with Crippen molar-refractivity contribution in [3.05, 3.63) is 102 Å². The summed E-state index contributed by atoms with van der Waals surface area (Å²) in [5.74, 6) is 0. The molecule has 0 radical (unpaired) electrons. The van der Waals surface area contributed by atoms with Crippen molar-refractivity contribution in [2.75, 3.05) is 0 Å². The van der Waals surface area contributed by atoms with Crippen LogP contribution in [0.2, 0.25) is 19.6 Å². The number of benzene rings is 3. The average molecular weight is 436 g/mol. The highest BCUT2D eigenvalue weighted by molar-refractivity contribution is 7.89. The Hall–Kier alpha value is -2.47. The highest BCUT2D eigenvalue weighted by Crippen LogP contribution is 2.20. The summed E-state index contributed by atoms with van der Waals surface area (Å²) in [6.07, 6.45) is 3.99. The second-order valence-electron chi connectivity index (χ2n) is 8.52. The molecule has 5 heteroatoms. The normalized spacial score (nSPS) is 13.5. The van der Waals surface area contributed by atoms with Gasteiger partial charge in [-0.3, -0.25) is 0 Å². The molecule has 1 N–H and O–H groups in total. The first-order chi connectivity index (χ1) is 14.2. The molecular weight excluding hydrogens is 406 g/mol. The van der Waals surface area contributed by atoms with Gasteiger partial charge in [0.15, 0.2) is 0 Å². The average Bonchev–Trinajstić information content (AvgIpc) is 2.71. The first kappa shape index (κ1) is 22.2. The van der Waals surface area contributed by atoms with Crippen LogP contribution in [0.15, 0.2) is 89.8 Å². The minimum absolute atomic E-state index is 0.268. The Balaban J connectivity index is 1.97. The van der Waals surface area contributed by atoms with Gasteiger partial charge in [-0.2, -0.15) is 4.72 Å². The molecule has 156 valence electrons. The van der Waals surface area contributed by atoms with Crippen molar-refractivity contribution in [3.63, 3.8) is 0 Å². The van der Waals surface area contributed by atoms with Crippen LogP contribution in [0.3, 0.4) is 0 Å². The van der Waals surface area contributed by atoms with Gasteiger partial charge in [0.1, 0.15) is 0 Å². The summed E-state index contributed by atoms with van der Waals surface area (Å²) in [5, 5.41) is 1.36. The molecule has 1 atom stereocenters. The molecule has 3 aromatic carbocycles. The molecule has 0 heterocycles. The van der Waals surface area contributed by atoms with Crippen LogP contribution in [0.1, 0.15) is 22.7 Å². The predicted octanol–water partition coefficient (Wildman–Crippen LogP) is 5.27. The van der Waals surface area contributed by atoms with Crippen LogP contribution >= 0.6 is 0 Å². The monoisotopic (exact) mass is 435 g/mol. The molecule has 0 aliphatic rings. The molecule has 0 bridgehead atoms. The van der Waals surface area contributed by atoms with Gasteiger partial charge in [0.25, 0.3) is 0 Å². The molecule has 3 rings (SSSR count). The Morgan fingerprint density at radius 1 is 0.833 bits per heavy atom. The third-order valence-electron chi connectivity index (χ3n) is 5.01. The van der Waals surface area contributed by atoms with Crippen molar-refractivity contribution < 1.29 is 8.42 Å². The summed E-state index contributed by atoms with van der Waals surface area (Å²) in [4.78, 5) is 0.268. The number of aryl methyl sites for hydroxylation is 1. The number of hydrogen-bond acceptors (Lipinski definition) is 2. The van der Waals surface area contributed by atoms with Crippen LogP contribution in [-0.2, 0) is 10.0 Å². The standard InChI is InChI=1S/C25H29NO2SSi/c1-20-14-17-23(18-15-20)29(27,28)26-24(21-10-6-5-7-11-21)19-16-22-12-8-9-13-25(22)30(2,3)4/h5-19,24,26H,1-4H3/b19-16+. The Morgan fingerprint density at radius 2 is 1.43 bits per heavy atom. The molecule has 0 spiro atoms. The molecule has 0 fully saturated rings. The Labute approximate surface area is 181 Å². The first-order valence-corrected chi connectivity index (χ1v) is 15.1. The van der Waals surface area contributed by atoms with E-state index in [2.05, 4.69) is 42.6 Å². The van der Waals surface area contributed by atoms with E-state index in [0.717, 1.165) is 16.7 Å². The summed E-state index contributed by atoms with van der Waals surface area (Å²) in [6.45, 7) is 8.88. The SMILES string of the molecule is Cc1ccc(S(=O)(=O)NC(/C=C/c2ccccc2[Si](C)(C)C)c2ccccc2)cc1. The molecule has 3 nitrogen and oxygen atoms in total. The lowest BCUT2D eigenvalue weighted by Gasteiger charge is -2.20. The van der Waals surface area contributed by atoms with Gasteiger partial charge in [0.2, 0.25) is 10.0 Å². The largest absolute Gasteiger partial charge is 0.241 e. The van der Waals surface area contributed by atoms with Crippen LogP contribution in [0, 0.1) is 6.92 Å². The summed E-state index contributed by atoms with van der Waals surface area (Å²) in [7, 11) is -5.18. The molecule has 30 heavy (non-hydrogen) atoms. The van der Waals surface area contributed by atoms with Crippen molar-refractivity contribution >= 4 is 29.4 Å². The molecule has 0 aliphatic heterocycles. The van der Waals surface area contributed by atoms with Crippen LogP contribution in [0.4, 0.5) is 0 Å². The van der Waals surface area contributed by atoms with Gasteiger partial charge < -0.3 is 0 Å². The maximum absolute atomic E-state index is 13.0. The van der Waals surface area contributed by atoms with Crippen molar-refractivity contribution in [2.45, 2.75) is 37.5 Å². The van der Waals surface area contributed by atoms with E-state index in [4.69, 9.17) is 0 Å². The second kappa shape index (κ2) is 9.12. The van der Waals surface area contributed by atoms with E-state index in [1.165, 1.54) is 5.19 Å². The van der Waals surface area contributed by atoms with Crippen LogP contribution in [0.25, 0.3) is 6.08 Å². The van der Waals surface area contributed by atoms with E-state index >= 15 is 0 Å². The van der Waals surface area contributed by atoms with Gasteiger partial charge in [-0.05, 0) is 30.2 Å². The fourth-order valence-electron chi connectivity index (χ4n) is 3.36. The molecule has 0 amide bonds. The van der Waals surface area contributed by atoms with Gasteiger partial charge in [0, 0.05) is 0 Å². The van der Waals surface area contributed by atoms with E-state index < -0.39 is 24.1 Å². The fourth-order valence-corrected chi connectivity index (χ4v) is 6.17. The smallest absolute Gasteiger partial charge is 0.207 e. The fraction of sp³-hybridized carbons (Fsp3) is 0.200. The van der Waals surface area contributed by atoms with Crippen molar-refractivity contribution in [1.82, 2.24) is 4.72 Å². The van der Waals surface area contributed by atoms with Crippen LogP contribution < -0.4 is 9.91 Å². The Kier molecular flexibility index (Phi) is 6.76. The molecule has 3 aromatic rings. The van der Waals surface area contributed by atoms with E-state index in [9.17, 15) is 8.42 Å². The first-order valence-electron chi connectivity index (χ1n) is 10.1. The third kappa shape index (κ3) is 5.57. The minimum Gasteiger partial charge on any atom is -0.207 e. The Morgan fingerprint density at radius 3 is 2.07 bits per heavy atom. The van der Waals surface area contributed by atoms with Gasteiger partial charge in [-0.25, -0.2) is 8.42 Å². The zero-order valence-electron chi connectivity index (χ0n) is 18.0. The minimum atomic E-state index is -3.66. The summed E-state index contributed by atoms with van der Waals surface area (Å²) in [5.41, 5.74) is 3.07. The summed E-state index contributed by atoms with van der Waals surface area (Å²) >= 11 is 0. The van der Waals surface area contributed by atoms with Gasteiger partial charge in [-0.1, -0.05) is 109 Å². The van der Waals surface area contributed by atoms with Gasteiger partial charge in [0.05, 0.1) is 19.0 Å². The zero-order valence-corrected chi connectivity index (χ0v) is 19.8. The number of rotatable bonds is 7. The molecule has 0 saturated heterocycles. The zero-order chi connectivity index (χ0) is 21.8. The van der Waals surface area contributed by atoms with Crippen LogP contribution in [-0.4, -0.2) is 16.5 Å². The quantitative estimate of drug-likeness (QED) is 0.514. The summed E-state index contributed by atoms with van der Waals surface area (Å²) < 4.78 is 28.9.